The first-order chi connectivity index (χ1) is 41.0. The van der Waals surface area contributed by atoms with Crippen LogP contribution in [0.1, 0.15) is 29.0 Å². The minimum absolute atomic E-state index is 0.171. The lowest BCUT2D eigenvalue weighted by atomic mass is 9.84. The van der Waals surface area contributed by atoms with Crippen molar-refractivity contribution in [2.24, 2.45) is 0 Å². The number of hydrogen-bond donors (Lipinski definition) is 0. The molecule has 0 aliphatic carbocycles. The summed E-state index contributed by atoms with van der Waals surface area (Å²) in [7, 11) is 0. The molecule has 0 fully saturated rings. The van der Waals surface area contributed by atoms with Crippen molar-refractivity contribution in [3.8, 4) is 112 Å². The molecule has 0 N–H and O–H groups in total. The number of rotatable bonds is 10. The highest BCUT2D eigenvalue weighted by molar-refractivity contribution is 6.07. The second-order valence-electron chi connectivity index (χ2n) is 19.0. The molecule has 4 heterocycles. The fourth-order valence-electron chi connectivity index (χ4n) is 10.4. The lowest BCUT2D eigenvalue weighted by Gasteiger charge is -2.19. The first kappa shape index (κ1) is 37.0. The Labute approximate surface area is 456 Å². The Morgan fingerprint density at radius 2 is 0.645 bits per heavy atom. The summed E-state index contributed by atoms with van der Waals surface area (Å²) < 4.78 is 77.5. The van der Waals surface area contributed by atoms with Crippen molar-refractivity contribution >= 4 is 21.9 Å². The third kappa shape index (κ3) is 8.86. The third-order valence-corrected chi connectivity index (χ3v) is 14.2. The van der Waals surface area contributed by atoms with Crippen molar-refractivity contribution in [2.45, 2.75) is 20.6 Å². The fourth-order valence-corrected chi connectivity index (χ4v) is 10.4. The molecular formula is C72H51N3O. The van der Waals surface area contributed by atoms with Gasteiger partial charge in [-0.3, -0.25) is 15.0 Å². The van der Waals surface area contributed by atoms with Gasteiger partial charge in [0.05, 0.1) is 17.1 Å². The highest BCUT2D eigenvalue weighted by Crippen LogP contribution is 2.45. The number of nitrogens with zero attached hydrogens (tertiary/aromatic N) is 3. The number of pyridine rings is 3. The molecule has 0 bridgehead atoms. The number of aryl methyl sites for hydroxylation is 3. The molecule has 0 aliphatic heterocycles. The first-order valence-electron chi connectivity index (χ1n) is 29.6. The van der Waals surface area contributed by atoms with E-state index < -0.39 is 20.6 Å². The normalized spacial score (nSPS) is 13.6. The van der Waals surface area contributed by atoms with Gasteiger partial charge in [-0.2, -0.15) is 0 Å². The smallest absolute Gasteiger partial charge is 0.136 e. The van der Waals surface area contributed by atoms with E-state index in [4.69, 9.17) is 16.8 Å². The molecule has 0 aliphatic rings. The Bertz CT molecular complexity index is 4460. The van der Waals surface area contributed by atoms with Gasteiger partial charge in [-0.05, 0) is 176 Å². The van der Waals surface area contributed by atoms with Crippen LogP contribution in [0.15, 0.2) is 260 Å². The molecule has 4 heteroatoms. The summed E-state index contributed by atoms with van der Waals surface area (Å²) in [6.07, 6.45) is 4.27. The summed E-state index contributed by atoms with van der Waals surface area (Å²) in [4.78, 5) is 13.7. The van der Waals surface area contributed by atoms with Crippen LogP contribution in [0.3, 0.4) is 0 Å². The molecule has 0 spiro atoms. The Kier molecular flexibility index (Phi) is 9.54. The SMILES string of the molecule is [2H]C([2H])([2H])c1ccc(-c2ccc(-c3ccccc3-c3cc(-c4ccccc4-c4ccc(-c5ccc(C([2H])([2H])[2H])cn5)cc4)cc(-c4ccccc4-c4ccc(-c5ccc(C([2H])([2H])[2H])cn5)cc4-c4ccc5c(c4)oc4ccccc45)c3)cc2)nc1. The molecule has 0 amide bonds. The summed E-state index contributed by atoms with van der Waals surface area (Å²) >= 11 is 0. The van der Waals surface area contributed by atoms with E-state index in [1.54, 1.807) is 36.4 Å². The van der Waals surface area contributed by atoms with E-state index in [1.165, 1.54) is 18.6 Å². The lowest BCUT2D eigenvalue weighted by Crippen LogP contribution is -1.94. The van der Waals surface area contributed by atoms with E-state index in [-0.39, 0.29) is 16.7 Å². The van der Waals surface area contributed by atoms with Gasteiger partial charge < -0.3 is 4.42 Å². The summed E-state index contributed by atoms with van der Waals surface area (Å²) in [5.74, 6) is 0. The summed E-state index contributed by atoms with van der Waals surface area (Å²) in [5.41, 5.74) is 20.4. The number of para-hydroxylation sites is 1. The average molecular weight is 983 g/mol. The molecule has 9 aromatic carbocycles. The number of fused-ring (bicyclic) bond motifs is 3. The molecule has 13 aromatic rings. The highest BCUT2D eigenvalue weighted by Gasteiger charge is 2.20. The molecule has 0 saturated carbocycles. The number of furan rings is 1. The molecule has 13 rings (SSSR count). The zero-order valence-corrected chi connectivity index (χ0v) is 41.0. The van der Waals surface area contributed by atoms with Crippen LogP contribution in [0.25, 0.3) is 134 Å². The molecule has 4 nitrogen and oxygen atoms in total. The molecule has 4 aromatic heterocycles. The van der Waals surface area contributed by atoms with Crippen LogP contribution in [0.2, 0.25) is 0 Å². The van der Waals surface area contributed by atoms with Gasteiger partial charge in [-0.25, -0.2) is 0 Å². The summed E-state index contributed by atoms with van der Waals surface area (Å²) in [6.45, 7) is -6.78. The van der Waals surface area contributed by atoms with Crippen LogP contribution in [0.5, 0.6) is 0 Å². The van der Waals surface area contributed by atoms with Gasteiger partial charge in [0.25, 0.3) is 0 Å². The zero-order valence-electron chi connectivity index (χ0n) is 50.0. The predicted molar refractivity (Wildman–Crippen MR) is 316 cm³/mol. The topological polar surface area (TPSA) is 51.8 Å². The zero-order chi connectivity index (χ0) is 58.6. The first-order valence-corrected chi connectivity index (χ1v) is 25.1. The van der Waals surface area contributed by atoms with Gasteiger partial charge in [0.2, 0.25) is 0 Å². The van der Waals surface area contributed by atoms with Crippen molar-refractivity contribution in [3.63, 3.8) is 0 Å². The molecule has 0 unspecified atom stereocenters. The Morgan fingerprint density at radius 1 is 0.263 bits per heavy atom. The van der Waals surface area contributed by atoms with Crippen molar-refractivity contribution in [2.75, 3.05) is 0 Å². The number of hydrogen-bond acceptors (Lipinski definition) is 4. The van der Waals surface area contributed by atoms with Gasteiger partial charge in [-0.1, -0.05) is 176 Å². The van der Waals surface area contributed by atoms with Crippen LogP contribution in [-0.2, 0) is 0 Å². The maximum atomic E-state index is 8.00. The molecule has 0 atom stereocenters. The summed E-state index contributed by atoms with van der Waals surface area (Å²) in [6, 6.07) is 79.2. The quantitative estimate of drug-likeness (QED) is 0.137. The minimum atomic E-state index is -2.29. The van der Waals surface area contributed by atoms with Crippen LogP contribution in [0.4, 0.5) is 0 Å². The molecule has 360 valence electrons. The van der Waals surface area contributed by atoms with Gasteiger partial charge in [0, 0.05) is 58.4 Å². The Hall–Kier alpha value is -9.77. The maximum Gasteiger partial charge on any atom is 0.136 e. The number of aromatic nitrogens is 3. The van der Waals surface area contributed by atoms with Gasteiger partial charge >= 0.3 is 0 Å². The minimum Gasteiger partial charge on any atom is -0.456 e. The van der Waals surface area contributed by atoms with E-state index in [9.17, 15) is 0 Å². The van der Waals surface area contributed by atoms with E-state index >= 15 is 0 Å². The van der Waals surface area contributed by atoms with Gasteiger partial charge in [-0.15, -0.1) is 0 Å². The Morgan fingerprint density at radius 3 is 1.13 bits per heavy atom. The summed E-state index contributed by atoms with van der Waals surface area (Å²) in [5, 5.41) is 2.04. The fraction of sp³-hybridized carbons (Fsp3) is 0.0417. The van der Waals surface area contributed by atoms with Crippen LogP contribution >= 0.6 is 0 Å². The van der Waals surface area contributed by atoms with Crippen molar-refractivity contribution in [1.82, 2.24) is 15.0 Å². The monoisotopic (exact) mass is 982 g/mol. The average Bonchev–Trinajstić information content (AvgIpc) is 3.08. The molecule has 0 saturated heterocycles. The van der Waals surface area contributed by atoms with Crippen LogP contribution < -0.4 is 0 Å². The van der Waals surface area contributed by atoms with E-state index in [0.29, 0.717) is 17.1 Å². The second kappa shape index (κ2) is 19.6. The van der Waals surface area contributed by atoms with E-state index in [2.05, 4.69) is 154 Å². The molecule has 0 radical (unpaired) electrons. The lowest BCUT2D eigenvalue weighted by molar-refractivity contribution is 0.669. The van der Waals surface area contributed by atoms with Gasteiger partial charge in [0.1, 0.15) is 11.2 Å². The number of benzene rings is 9. The van der Waals surface area contributed by atoms with E-state index in [0.717, 1.165) is 117 Å². The van der Waals surface area contributed by atoms with Crippen molar-refractivity contribution in [3.05, 3.63) is 272 Å². The maximum absolute atomic E-state index is 8.00. The van der Waals surface area contributed by atoms with Crippen molar-refractivity contribution < 1.29 is 16.8 Å². The van der Waals surface area contributed by atoms with Crippen LogP contribution in [0, 0.1) is 20.6 Å². The van der Waals surface area contributed by atoms with Crippen LogP contribution in [-0.4, -0.2) is 15.0 Å². The third-order valence-electron chi connectivity index (χ3n) is 14.2. The highest BCUT2D eigenvalue weighted by atomic mass is 16.3. The molecular weight excluding hydrogens is 923 g/mol. The van der Waals surface area contributed by atoms with Crippen molar-refractivity contribution in [1.29, 1.82) is 0 Å². The Balaban J connectivity index is 0.970. The van der Waals surface area contributed by atoms with Gasteiger partial charge in [0.15, 0.2) is 0 Å². The largest absolute Gasteiger partial charge is 0.456 e. The molecule has 76 heavy (non-hydrogen) atoms. The predicted octanol–water partition coefficient (Wildman–Crippen LogP) is 19.4. The second-order valence-corrected chi connectivity index (χ2v) is 19.0. The standard InChI is InChI=1S/C72H51N3O/c1-46-20-35-68(73-43-46)51-27-23-49(24-28-51)58-12-4-6-14-60(58)55-38-56(61-15-7-5-13-59(61)50-25-29-52(30-26-50)69-36-21-47(2)44-74-69)40-57(39-55)62-16-8-9-17-63(62)64-33-32-54(70-37-22-48(3)45-75-70)41-67(64)53-31-34-66-65-18-10-11-19-71(65)76-72(66)42-53/h4-45H,1-3H3/i1D3,2D3,3D3. The van der Waals surface area contributed by atoms with E-state index in [1.807, 2.05) is 60.7 Å².